The molecule has 1 unspecified atom stereocenters. The normalized spacial score (nSPS) is 19.9. The van der Waals surface area contributed by atoms with Crippen molar-refractivity contribution < 1.29 is 4.79 Å². The van der Waals surface area contributed by atoms with Crippen molar-refractivity contribution in [1.29, 1.82) is 0 Å². The quantitative estimate of drug-likeness (QED) is 0.455. The molecule has 0 spiro atoms. The van der Waals surface area contributed by atoms with E-state index in [1.807, 2.05) is 18.2 Å². The molecule has 1 amide bonds. The molecule has 1 fully saturated rings. The van der Waals surface area contributed by atoms with Crippen LogP contribution >= 0.6 is 11.8 Å². The lowest BCUT2D eigenvalue weighted by molar-refractivity contribution is -0.120. The summed E-state index contributed by atoms with van der Waals surface area (Å²) in [4.78, 5) is 13.7. The molecule has 1 heterocycles. The molecule has 0 bridgehead atoms. The van der Waals surface area contributed by atoms with Gasteiger partial charge in [0, 0.05) is 18.0 Å². The average molecular weight is 237 g/mol. The second-order valence-electron chi connectivity index (χ2n) is 3.71. The summed E-state index contributed by atoms with van der Waals surface area (Å²) in [6.45, 7) is 2.93. The largest absolute Gasteiger partial charge is 0.350 e. The minimum Gasteiger partial charge on any atom is -0.350 e. The number of para-hydroxylation sites is 1. The van der Waals surface area contributed by atoms with Gasteiger partial charge in [0.1, 0.15) is 0 Å². The molecule has 1 aromatic carbocycles. The van der Waals surface area contributed by atoms with Crippen molar-refractivity contribution in [2.24, 2.45) is 5.84 Å². The summed E-state index contributed by atoms with van der Waals surface area (Å²) in [5, 5.41) is -0.203. The number of hydrazine groups is 1. The van der Waals surface area contributed by atoms with Crippen LogP contribution in [0.2, 0.25) is 0 Å². The molecule has 1 aliphatic rings. The fourth-order valence-electron chi connectivity index (χ4n) is 1.89. The maximum absolute atomic E-state index is 11.6. The molecule has 0 aliphatic carbocycles. The van der Waals surface area contributed by atoms with Crippen molar-refractivity contribution in [3.63, 3.8) is 0 Å². The molecule has 0 saturated carbocycles. The number of nitrogens with two attached hydrogens (primary N) is 1. The summed E-state index contributed by atoms with van der Waals surface area (Å²) in [6.07, 6.45) is 0. The minimum absolute atomic E-state index is 0.134. The molecular formula is C11H15N3OS. The highest BCUT2D eigenvalue weighted by Gasteiger charge is 2.31. The van der Waals surface area contributed by atoms with Gasteiger partial charge in [-0.05, 0) is 18.6 Å². The minimum atomic E-state index is -0.203. The number of nitrogens with zero attached hydrogens (tertiary/aromatic N) is 1. The van der Waals surface area contributed by atoms with Gasteiger partial charge in [0.2, 0.25) is 0 Å². The summed E-state index contributed by atoms with van der Waals surface area (Å²) in [5.74, 6) is 6.01. The maximum atomic E-state index is 11.6. The number of carbonyl (C=O) groups is 1. The molecule has 4 nitrogen and oxygen atoms in total. The van der Waals surface area contributed by atoms with Crippen molar-refractivity contribution in [1.82, 2.24) is 5.43 Å². The van der Waals surface area contributed by atoms with E-state index in [-0.39, 0.29) is 11.3 Å². The van der Waals surface area contributed by atoms with Crippen LogP contribution < -0.4 is 16.2 Å². The van der Waals surface area contributed by atoms with E-state index in [9.17, 15) is 4.79 Å². The fraction of sp³-hybridized carbons (Fsp3) is 0.364. The Morgan fingerprint density at radius 2 is 2.31 bits per heavy atom. The van der Waals surface area contributed by atoms with Gasteiger partial charge in [-0.1, -0.05) is 18.2 Å². The van der Waals surface area contributed by atoms with Gasteiger partial charge in [-0.15, -0.1) is 11.8 Å². The number of thioether (sulfide) groups is 1. The van der Waals surface area contributed by atoms with E-state index in [2.05, 4.69) is 23.3 Å². The van der Waals surface area contributed by atoms with E-state index >= 15 is 0 Å². The van der Waals surface area contributed by atoms with Gasteiger partial charge >= 0.3 is 0 Å². The molecule has 16 heavy (non-hydrogen) atoms. The summed E-state index contributed by atoms with van der Waals surface area (Å²) in [6, 6.07) is 8.08. The molecule has 1 atom stereocenters. The Labute approximate surface area is 99.2 Å². The van der Waals surface area contributed by atoms with Gasteiger partial charge in [0.25, 0.3) is 5.91 Å². The Kier molecular flexibility index (Phi) is 3.36. The summed E-state index contributed by atoms with van der Waals surface area (Å²) >= 11 is 1.62. The monoisotopic (exact) mass is 237 g/mol. The van der Waals surface area contributed by atoms with Crippen molar-refractivity contribution in [2.75, 3.05) is 17.2 Å². The third kappa shape index (κ3) is 2.01. The first-order valence-corrected chi connectivity index (χ1v) is 6.23. The van der Waals surface area contributed by atoms with Crippen LogP contribution in [0.1, 0.15) is 5.56 Å². The SMILES string of the molecule is Cc1ccccc1N1CCSC1C(=O)NN. The van der Waals surface area contributed by atoms with Crippen LogP contribution in [-0.4, -0.2) is 23.6 Å². The first-order valence-electron chi connectivity index (χ1n) is 5.18. The Morgan fingerprint density at radius 3 is 3.00 bits per heavy atom. The molecule has 86 valence electrons. The Morgan fingerprint density at radius 1 is 1.56 bits per heavy atom. The van der Waals surface area contributed by atoms with E-state index in [0.29, 0.717) is 0 Å². The third-order valence-electron chi connectivity index (χ3n) is 2.68. The average Bonchev–Trinajstić information content (AvgIpc) is 2.77. The molecular weight excluding hydrogens is 222 g/mol. The van der Waals surface area contributed by atoms with Crippen LogP contribution in [-0.2, 0) is 4.79 Å². The highest BCUT2D eigenvalue weighted by atomic mass is 32.2. The molecule has 1 saturated heterocycles. The second-order valence-corrected chi connectivity index (χ2v) is 4.90. The number of amides is 1. The molecule has 1 aliphatic heterocycles. The summed E-state index contributed by atoms with van der Waals surface area (Å²) < 4.78 is 0. The molecule has 5 heteroatoms. The number of hydrogen-bond donors (Lipinski definition) is 2. The molecule has 1 aromatic rings. The van der Waals surface area contributed by atoms with Crippen LogP contribution in [0.3, 0.4) is 0 Å². The van der Waals surface area contributed by atoms with E-state index in [0.717, 1.165) is 18.0 Å². The predicted molar refractivity (Wildman–Crippen MR) is 67.1 cm³/mol. The lowest BCUT2D eigenvalue weighted by Gasteiger charge is -2.25. The first-order chi connectivity index (χ1) is 7.74. The van der Waals surface area contributed by atoms with Crippen molar-refractivity contribution in [2.45, 2.75) is 12.3 Å². The molecule has 2 rings (SSSR count). The lowest BCUT2D eigenvalue weighted by atomic mass is 10.2. The van der Waals surface area contributed by atoms with Crippen molar-refractivity contribution in [3.05, 3.63) is 29.8 Å². The maximum Gasteiger partial charge on any atom is 0.267 e. The van der Waals surface area contributed by atoms with E-state index < -0.39 is 0 Å². The van der Waals surface area contributed by atoms with E-state index in [1.54, 1.807) is 11.8 Å². The number of anilines is 1. The molecule has 0 radical (unpaired) electrons. The predicted octanol–water partition coefficient (Wildman–Crippen LogP) is 0.864. The van der Waals surface area contributed by atoms with E-state index in [1.165, 1.54) is 5.56 Å². The Balaban J connectivity index is 2.27. The highest BCUT2D eigenvalue weighted by molar-refractivity contribution is 8.01. The van der Waals surface area contributed by atoms with Crippen LogP contribution in [0.25, 0.3) is 0 Å². The van der Waals surface area contributed by atoms with Gasteiger partial charge < -0.3 is 4.90 Å². The number of rotatable bonds is 2. The number of carbonyl (C=O) groups excluding carboxylic acids is 1. The summed E-state index contributed by atoms with van der Waals surface area (Å²) in [7, 11) is 0. The van der Waals surface area contributed by atoms with Crippen LogP contribution in [0.5, 0.6) is 0 Å². The zero-order valence-corrected chi connectivity index (χ0v) is 9.96. The van der Waals surface area contributed by atoms with Crippen LogP contribution in [0.15, 0.2) is 24.3 Å². The third-order valence-corrected chi connectivity index (χ3v) is 3.88. The van der Waals surface area contributed by atoms with Gasteiger partial charge in [0.05, 0.1) is 0 Å². The standard InChI is InChI=1S/C11H15N3OS/c1-8-4-2-3-5-9(8)14-6-7-16-11(14)10(15)13-12/h2-5,11H,6-7,12H2,1H3,(H,13,15). The fourth-order valence-corrected chi connectivity index (χ4v) is 3.03. The lowest BCUT2D eigenvalue weighted by Crippen LogP contribution is -2.45. The molecule has 3 N–H and O–H groups in total. The topological polar surface area (TPSA) is 58.4 Å². The Hall–Kier alpha value is -1.20. The zero-order valence-electron chi connectivity index (χ0n) is 9.14. The Bertz CT molecular complexity index is 397. The number of hydrogen-bond acceptors (Lipinski definition) is 4. The second kappa shape index (κ2) is 4.76. The van der Waals surface area contributed by atoms with E-state index in [4.69, 9.17) is 5.84 Å². The number of nitrogens with one attached hydrogen (secondary N) is 1. The zero-order chi connectivity index (χ0) is 11.5. The van der Waals surface area contributed by atoms with Crippen molar-refractivity contribution in [3.8, 4) is 0 Å². The summed E-state index contributed by atoms with van der Waals surface area (Å²) in [5.41, 5.74) is 4.52. The van der Waals surface area contributed by atoms with Crippen LogP contribution in [0.4, 0.5) is 5.69 Å². The van der Waals surface area contributed by atoms with Crippen molar-refractivity contribution >= 4 is 23.4 Å². The number of aryl methyl sites for hydroxylation is 1. The molecule has 0 aromatic heterocycles. The van der Waals surface area contributed by atoms with Crippen LogP contribution in [0, 0.1) is 6.92 Å². The van der Waals surface area contributed by atoms with Gasteiger partial charge in [-0.3, -0.25) is 10.2 Å². The first kappa shape index (κ1) is 11.3. The smallest absolute Gasteiger partial charge is 0.267 e. The van der Waals surface area contributed by atoms with Gasteiger partial charge in [-0.25, -0.2) is 5.84 Å². The van der Waals surface area contributed by atoms with Gasteiger partial charge in [0.15, 0.2) is 5.37 Å². The number of benzene rings is 1. The van der Waals surface area contributed by atoms with Gasteiger partial charge in [-0.2, -0.15) is 0 Å². The highest BCUT2D eigenvalue weighted by Crippen LogP contribution is 2.31.